The number of unbranched alkanes of at least 4 members (excludes halogenated alkanes) is 1. The Labute approximate surface area is 105 Å². The summed E-state index contributed by atoms with van der Waals surface area (Å²) in [5.74, 6) is 0. The van der Waals surface area contributed by atoms with Crippen molar-refractivity contribution in [1.29, 1.82) is 0 Å². The zero-order valence-electron chi connectivity index (χ0n) is 10.9. The van der Waals surface area contributed by atoms with Crippen molar-refractivity contribution in [3.63, 3.8) is 0 Å². The second-order valence-corrected chi connectivity index (χ2v) is 5.12. The lowest BCUT2D eigenvalue weighted by Gasteiger charge is -2.32. The van der Waals surface area contributed by atoms with Gasteiger partial charge >= 0.3 is 0 Å². The molecule has 1 aromatic carbocycles. The van der Waals surface area contributed by atoms with E-state index in [-0.39, 0.29) is 0 Å². The van der Waals surface area contributed by atoms with E-state index in [0.717, 1.165) is 13.1 Å². The number of anilines is 1. The maximum Gasteiger partial charge on any atom is 0.0366 e. The quantitative estimate of drug-likeness (QED) is 0.865. The van der Waals surface area contributed by atoms with Crippen LogP contribution in [0.5, 0.6) is 0 Å². The molecule has 1 unspecified atom stereocenters. The van der Waals surface area contributed by atoms with E-state index in [1.807, 2.05) is 0 Å². The lowest BCUT2D eigenvalue weighted by atomic mass is 10.0. The standard InChI is InChI=1S/C15H24N2/c1-2-3-5-13-7-9-15(10-8-13)17-11-4-6-14(16)12-17/h7-10,14H,2-6,11-12,16H2,1H3. The average Bonchev–Trinajstić information content (AvgIpc) is 2.37. The highest BCUT2D eigenvalue weighted by Crippen LogP contribution is 2.20. The largest absolute Gasteiger partial charge is 0.370 e. The van der Waals surface area contributed by atoms with Crippen LogP contribution in [0.15, 0.2) is 24.3 Å². The van der Waals surface area contributed by atoms with E-state index in [0.29, 0.717) is 6.04 Å². The number of hydrogen-bond donors (Lipinski definition) is 1. The van der Waals surface area contributed by atoms with Gasteiger partial charge < -0.3 is 10.6 Å². The van der Waals surface area contributed by atoms with Crippen molar-refractivity contribution >= 4 is 5.69 Å². The molecule has 17 heavy (non-hydrogen) atoms. The van der Waals surface area contributed by atoms with E-state index in [1.54, 1.807) is 0 Å². The Hall–Kier alpha value is -1.02. The van der Waals surface area contributed by atoms with Crippen molar-refractivity contribution in [1.82, 2.24) is 0 Å². The number of nitrogens with zero attached hydrogens (tertiary/aromatic N) is 1. The van der Waals surface area contributed by atoms with E-state index in [9.17, 15) is 0 Å². The van der Waals surface area contributed by atoms with Crippen LogP contribution in [0.25, 0.3) is 0 Å². The first-order valence-electron chi connectivity index (χ1n) is 6.89. The minimum atomic E-state index is 0.350. The molecule has 1 fully saturated rings. The molecule has 2 N–H and O–H groups in total. The van der Waals surface area contributed by atoms with E-state index < -0.39 is 0 Å². The third-order valence-electron chi connectivity index (χ3n) is 3.58. The third kappa shape index (κ3) is 3.47. The Bertz CT molecular complexity index is 331. The van der Waals surface area contributed by atoms with Crippen LogP contribution in [0.3, 0.4) is 0 Å². The van der Waals surface area contributed by atoms with Crippen LogP contribution >= 0.6 is 0 Å². The van der Waals surface area contributed by atoms with E-state index in [2.05, 4.69) is 36.1 Å². The lowest BCUT2D eigenvalue weighted by molar-refractivity contribution is 0.506. The Morgan fingerprint density at radius 1 is 1.29 bits per heavy atom. The van der Waals surface area contributed by atoms with Gasteiger partial charge in [0, 0.05) is 24.8 Å². The van der Waals surface area contributed by atoms with Gasteiger partial charge in [-0.25, -0.2) is 0 Å². The lowest BCUT2D eigenvalue weighted by Crippen LogP contribution is -2.42. The molecule has 0 aliphatic carbocycles. The first-order chi connectivity index (χ1) is 8.29. The highest BCUT2D eigenvalue weighted by atomic mass is 15.1. The van der Waals surface area contributed by atoms with Gasteiger partial charge in [-0.05, 0) is 43.4 Å². The van der Waals surface area contributed by atoms with Crippen molar-refractivity contribution in [2.75, 3.05) is 18.0 Å². The monoisotopic (exact) mass is 232 g/mol. The molecule has 1 atom stereocenters. The van der Waals surface area contributed by atoms with Gasteiger partial charge in [0.2, 0.25) is 0 Å². The summed E-state index contributed by atoms with van der Waals surface area (Å²) in [6.45, 7) is 4.40. The number of rotatable bonds is 4. The Balaban J connectivity index is 1.96. The summed E-state index contributed by atoms with van der Waals surface area (Å²) < 4.78 is 0. The fraction of sp³-hybridized carbons (Fsp3) is 0.600. The Morgan fingerprint density at radius 3 is 2.71 bits per heavy atom. The molecule has 1 aliphatic rings. The Morgan fingerprint density at radius 2 is 2.06 bits per heavy atom. The second kappa shape index (κ2) is 6.06. The molecule has 0 saturated carbocycles. The SMILES string of the molecule is CCCCc1ccc(N2CCCC(N)C2)cc1. The van der Waals surface area contributed by atoms with Crippen molar-refractivity contribution in [2.45, 2.75) is 45.1 Å². The molecule has 2 heteroatoms. The van der Waals surface area contributed by atoms with Gasteiger partial charge in [0.15, 0.2) is 0 Å². The van der Waals surface area contributed by atoms with E-state index >= 15 is 0 Å². The van der Waals surface area contributed by atoms with Gasteiger partial charge in [0.25, 0.3) is 0 Å². The van der Waals surface area contributed by atoms with Crippen LogP contribution in [0.4, 0.5) is 5.69 Å². The Kier molecular flexibility index (Phi) is 4.43. The molecule has 0 amide bonds. The topological polar surface area (TPSA) is 29.3 Å². The molecule has 0 bridgehead atoms. The number of nitrogens with two attached hydrogens (primary N) is 1. The summed E-state index contributed by atoms with van der Waals surface area (Å²) in [5, 5.41) is 0. The molecule has 0 radical (unpaired) electrons. The first kappa shape index (κ1) is 12.4. The number of benzene rings is 1. The van der Waals surface area contributed by atoms with Gasteiger partial charge in [-0.3, -0.25) is 0 Å². The third-order valence-corrected chi connectivity index (χ3v) is 3.58. The molecule has 1 heterocycles. The van der Waals surface area contributed by atoms with Crippen molar-refractivity contribution < 1.29 is 0 Å². The molecule has 1 aliphatic heterocycles. The summed E-state index contributed by atoms with van der Waals surface area (Å²) in [6.07, 6.45) is 6.15. The minimum Gasteiger partial charge on any atom is -0.370 e. The van der Waals surface area contributed by atoms with Gasteiger partial charge in [-0.15, -0.1) is 0 Å². The average molecular weight is 232 g/mol. The fourth-order valence-electron chi connectivity index (χ4n) is 2.50. The smallest absolute Gasteiger partial charge is 0.0366 e. The van der Waals surface area contributed by atoms with Crippen LogP contribution in [0.1, 0.15) is 38.2 Å². The number of piperidine rings is 1. The van der Waals surface area contributed by atoms with Gasteiger partial charge in [-0.2, -0.15) is 0 Å². The fourth-order valence-corrected chi connectivity index (χ4v) is 2.50. The molecule has 1 saturated heterocycles. The molecule has 2 rings (SSSR count). The van der Waals surface area contributed by atoms with E-state index in [4.69, 9.17) is 5.73 Å². The molecule has 0 aromatic heterocycles. The highest BCUT2D eigenvalue weighted by molar-refractivity contribution is 5.48. The van der Waals surface area contributed by atoms with Crippen LogP contribution in [0.2, 0.25) is 0 Å². The van der Waals surface area contributed by atoms with Crippen molar-refractivity contribution in [3.8, 4) is 0 Å². The van der Waals surface area contributed by atoms with E-state index in [1.165, 1.54) is 43.4 Å². The first-order valence-corrected chi connectivity index (χ1v) is 6.89. The number of hydrogen-bond acceptors (Lipinski definition) is 2. The van der Waals surface area contributed by atoms with Crippen molar-refractivity contribution in [2.24, 2.45) is 5.73 Å². The second-order valence-electron chi connectivity index (χ2n) is 5.12. The van der Waals surface area contributed by atoms with Crippen LogP contribution in [0, 0.1) is 0 Å². The maximum atomic E-state index is 6.02. The zero-order valence-corrected chi connectivity index (χ0v) is 10.9. The van der Waals surface area contributed by atoms with Crippen LogP contribution in [-0.2, 0) is 6.42 Å². The molecular formula is C15H24N2. The molecule has 1 aromatic rings. The van der Waals surface area contributed by atoms with Crippen LogP contribution in [-0.4, -0.2) is 19.1 Å². The van der Waals surface area contributed by atoms with Crippen LogP contribution < -0.4 is 10.6 Å². The summed E-state index contributed by atoms with van der Waals surface area (Å²) in [7, 11) is 0. The van der Waals surface area contributed by atoms with Gasteiger partial charge in [0.1, 0.15) is 0 Å². The highest BCUT2D eigenvalue weighted by Gasteiger charge is 2.16. The predicted octanol–water partition coefficient (Wildman–Crippen LogP) is 2.96. The number of aryl methyl sites for hydroxylation is 1. The van der Waals surface area contributed by atoms with Crippen molar-refractivity contribution in [3.05, 3.63) is 29.8 Å². The maximum absolute atomic E-state index is 6.02. The predicted molar refractivity (Wildman–Crippen MR) is 74.5 cm³/mol. The normalized spacial score (nSPS) is 20.6. The zero-order chi connectivity index (χ0) is 12.1. The summed E-state index contributed by atoms with van der Waals surface area (Å²) in [6, 6.07) is 9.39. The minimum absolute atomic E-state index is 0.350. The summed E-state index contributed by atoms with van der Waals surface area (Å²) in [4.78, 5) is 2.41. The van der Waals surface area contributed by atoms with Gasteiger partial charge in [-0.1, -0.05) is 25.5 Å². The molecule has 2 nitrogen and oxygen atoms in total. The molecule has 0 spiro atoms. The summed E-state index contributed by atoms with van der Waals surface area (Å²) in [5.41, 5.74) is 8.81. The van der Waals surface area contributed by atoms with Gasteiger partial charge in [0.05, 0.1) is 0 Å². The molecular weight excluding hydrogens is 208 g/mol. The summed E-state index contributed by atoms with van der Waals surface area (Å²) >= 11 is 0. The molecule has 94 valence electrons.